The third-order valence-corrected chi connectivity index (χ3v) is 5.37. The zero-order valence-electron chi connectivity index (χ0n) is 17.7. The molecule has 1 fully saturated rings. The van der Waals surface area contributed by atoms with Gasteiger partial charge in [0.15, 0.2) is 0 Å². The third kappa shape index (κ3) is 5.36. The molecular weight excluding hydrogens is 359 g/mol. The smallest absolute Gasteiger partial charge is 0.466 e. The van der Waals surface area contributed by atoms with Gasteiger partial charge in [-0.3, -0.25) is 9.59 Å². The van der Waals surface area contributed by atoms with E-state index in [1.165, 1.54) is 0 Å². The monoisotopic (exact) mass is 390 g/mol. The Labute approximate surface area is 168 Å². The highest BCUT2D eigenvalue weighted by molar-refractivity contribution is 6.62. The highest BCUT2D eigenvalue weighted by atomic mass is 16.7. The van der Waals surface area contributed by atoms with E-state index in [9.17, 15) is 9.59 Å². The standard InChI is InChI=1S/C21H31BO6/c1-7-25-18(23)13-16(14-19(24)26-8-2)15-9-11-17(12-10-15)22-27-20(3,4)21(5,6)28-22/h9-12,16H,7-8,13-14H2,1-6H3. The predicted octanol–water partition coefficient (Wildman–Crippen LogP) is 2.98. The van der Waals surface area contributed by atoms with Gasteiger partial charge in [-0.15, -0.1) is 0 Å². The minimum atomic E-state index is -0.451. The molecule has 1 aromatic rings. The molecule has 7 heteroatoms. The Morgan fingerprint density at radius 3 is 1.71 bits per heavy atom. The van der Waals surface area contributed by atoms with Gasteiger partial charge >= 0.3 is 19.1 Å². The number of rotatable bonds is 8. The van der Waals surface area contributed by atoms with Gasteiger partial charge in [0, 0.05) is 5.92 Å². The topological polar surface area (TPSA) is 71.1 Å². The minimum absolute atomic E-state index is 0.127. The summed E-state index contributed by atoms with van der Waals surface area (Å²) in [6.07, 6.45) is 0.255. The molecule has 0 aromatic heterocycles. The van der Waals surface area contributed by atoms with Gasteiger partial charge in [0.2, 0.25) is 0 Å². The second kappa shape index (κ2) is 9.10. The highest BCUT2D eigenvalue weighted by Crippen LogP contribution is 2.36. The summed E-state index contributed by atoms with van der Waals surface area (Å²) in [6, 6.07) is 7.65. The molecule has 2 rings (SSSR count). The quantitative estimate of drug-likeness (QED) is 0.502. The Kier molecular flexibility index (Phi) is 7.29. The third-order valence-electron chi connectivity index (χ3n) is 5.37. The van der Waals surface area contributed by atoms with E-state index in [2.05, 4.69) is 0 Å². The summed E-state index contributed by atoms with van der Waals surface area (Å²) in [7, 11) is -0.451. The number of esters is 2. The molecule has 1 aromatic carbocycles. The van der Waals surface area contributed by atoms with Gasteiger partial charge in [0.1, 0.15) is 0 Å². The van der Waals surface area contributed by atoms with Crippen LogP contribution in [0.25, 0.3) is 0 Å². The average molecular weight is 390 g/mol. The van der Waals surface area contributed by atoms with Crippen LogP contribution >= 0.6 is 0 Å². The summed E-state index contributed by atoms with van der Waals surface area (Å²) in [5.74, 6) is -0.955. The summed E-state index contributed by atoms with van der Waals surface area (Å²) >= 11 is 0. The first-order valence-corrected chi connectivity index (χ1v) is 9.86. The second-order valence-corrected chi connectivity index (χ2v) is 7.97. The maximum absolute atomic E-state index is 12.0. The van der Waals surface area contributed by atoms with E-state index in [4.69, 9.17) is 18.8 Å². The zero-order chi connectivity index (χ0) is 20.9. The van der Waals surface area contributed by atoms with Crippen molar-refractivity contribution < 1.29 is 28.4 Å². The summed E-state index contributed by atoms with van der Waals surface area (Å²) in [4.78, 5) is 23.9. The lowest BCUT2D eigenvalue weighted by Gasteiger charge is -2.32. The number of ether oxygens (including phenoxy) is 2. The predicted molar refractivity (Wildman–Crippen MR) is 107 cm³/mol. The van der Waals surface area contributed by atoms with Crippen molar-refractivity contribution >= 4 is 24.5 Å². The Balaban J connectivity index is 2.16. The van der Waals surface area contributed by atoms with Crippen molar-refractivity contribution in [1.82, 2.24) is 0 Å². The molecular formula is C21H31BO6. The molecule has 1 aliphatic rings. The van der Waals surface area contributed by atoms with Gasteiger partial charge in [-0.2, -0.15) is 0 Å². The van der Waals surface area contributed by atoms with Gasteiger partial charge in [-0.05, 0) is 52.6 Å². The molecule has 0 saturated carbocycles. The Bertz CT molecular complexity index is 647. The minimum Gasteiger partial charge on any atom is -0.466 e. The number of benzene rings is 1. The number of carbonyl (C=O) groups is 2. The van der Waals surface area contributed by atoms with Crippen LogP contribution in [0.5, 0.6) is 0 Å². The van der Waals surface area contributed by atoms with Gasteiger partial charge in [0.25, 0.3) is 0 Å². The largest absolute Gasteiger partial charge is 0.494 e. The maximum Gasteiger partial charge on any atom is 0.494 e. The van der Waals surface area contributed by atoms with E-state index in [0.717, 1.165) is 11.0 Å². The van der Waals surface area contributed by atoms with Crippen molar-refractivity contribution in [1.29, 1.82) is 0 Å². The summed E-state index contributed by atoms with van der Waals surface area (Å²) in [6.45, 7) is 12.2. The van der Waals surface area contributed by atoms with Crippen molar-refractivity contribution in [2.75, 3.05) is 13.2 Å². The molecule has 0 spiro atoms. The first-order chi connectivity index (χ1) is 13.1. The molecule has 1 aliphatic heterocycles. The molecule has 0 amide bonds. The van der Waals surface area contributed by atoms with Crippen LogP contribution in [-0.2, 0) is 28.4 Å². The van der Waals surface area contributed by atoms with Crippen LogP contribution in [0.3, 0.4) is 0 Å². The Hall–Kier alpha value is -1.86. The Morgan fingerprint density at radius 2 is 1.32 bits per heavy atom. The molecule has 0 bridgehead atoms. The van der Waals surface area contributed by atoms with Crippen molar-refractivity contribution in [2.45, 2.75) is 71.5 Å². The lowest BCUT2D eigenvalue weighted by atomic mass is 9.78. The molecule has 0 unspecified atom stereocenters. The average Bonchev–Trinajstić information content (AvgIpc) is 2.82. The van der Waals surface area contributed by atoms with Crippen LogP contribution < -0.4 is 5.46 Å². The van der Waals surface area contributed by atoms with Gasteiger partial charge in [-0.25, -0.2) is 0 Å². The van der Waals surface area contributed by atoms with Gasteiger partial charge in [0.05, 0.1) is 37.3 Å². The molecule has 6 nitrogen and oxygen atoms in total. The van der Waals surface area contributed by atoms with Crippen LogP contribution in [0, 0.1) is 0 Å². The van der Waals surface area contributed by atoms with E-state index in [-0.39, 0.29) is 30.7 Å². The molecule has 0 N–H and O–H groups in total. The van der Waals surface area contributed by atoms with Crippen LogP contribution in [-0.4, -0.2) is 43.5 Å². The Morgan fingerprint density at radius 1 is 0.893 bits per heavy atom. The fourth-order valence-corrected chi connectivity index (χ4v) is 3.05. The van der Waals surface area contributed by atoms with Gasteiger partial charge in [-0.1, -0.05) is 24.3 Å². The highest BCUT2D eigenvalue weighted by Gasteiger charge is 2.51. The number of carbonyl (C=O) groups excluding carboxylic acids is 2. The zero-order valence-corrected chi connectivity index (χ0v) is 17.7. The maximum atomic E-state index is 12.0. The number of hydrogen-bond acceptors (Lipinski definition) is 6. The molecule has 1 heterocycles. The number of hydrogen-bond donors (Lipinski definition) is 0. The molecule has 0 atom stereocenters. The lowest BCUT2D eigenvalue weighted by Crippen LogP contribution is -2.41. The molecule has 0 aliphatic carbocycles. The van der Waals surface area contributed by atoms with E-state index in [0.29, 0.717) is 13.2 Å². The first kappa shape index (κ1) is 22.4. The second-order valence-electron chi connectivity index (χ2n) is 7.97. The molecule has 154 valence electrons. The van der Waals surface area contributed by atoms with Crippen molar-refractivity contribution in [3.8, 4) is 0 Å². The van der Waals surface area contributed by atoms with E-state index < -0.39 is 18.3 Å². The van der Waals surface area contributed by atoms with Crippen LogP contribution in [0.4, 0.5) is 0 Å². The van der Waals surface area contributed by atoms with E-state index >= 15 is 0 Å². The van der Waals surface area contributed by atoms with Crippen LogP contribution in [0.15, 0.2) is 24.3 Å². The van der Waals surface area contributed by atoms with Crippen molar-refractivity contribution in [3.63, 3.8) is 0 Å². The first-order valence-electron chi connectivity index (χ1n) is 9.86. The molecule has 0 radical (unpaired) electrons. The SMILES string of the molecule is CCOC(=O)CC(CC(=O)OCC)c1ccc(B2OC(C)(C)C(C)(C)O2)cc1. The lowest BCUT2D eigenvalue weighted by molar-refractivity contribution is -0.145. The van der Waals surface area contributed by atoms with Crippen molar-refractivity contribution in [3.05, 3.63) is 29.8 Å². The van der Waals surface area contributed by atoms with Crippen LogP contribution in [0.2, 0.25) is 0 Å². The summed E-state index contributed by atoms with van der Waals surface area (Å²) in [5.41, 5.74) is 0.953. The van der Waals surface area contributed by atoms with Crippen LogP contribution in [0.1, 0.15) is 65.9 Å². The fourth-order valence-electron chi connectivity index (χ4n) is 3.05. The molecule has 1 saturated heterocycles. The molecule has 28 heavy (non-hydrogen) atoms. The van der Waals surface area contributed by atoms with E-state index in [1.807, 2.05) is 52.0 Å². The summed E-state index contributed by atoms with van der Waals surface area (Å²) < 4.78 is 22.3. The fraction of sp³-hybridized carbons (Fsp3) is 0.619. The van der Waals surface area contributed by atoms with E-state index in [1.54, 1.807) is 13.8 Å². The summed E-state index contributed by atoms with van der Waals surface area (Å²) in [5, 5.41) is 0. The van der Waals surface area contributed by atoms with Crippen molar-refractivity contribution in [2.24, 2.45) is 0 Å². The van der Waals surface area contributed by atoms with Gasteiger partial charge < -0.3 is 18.8 Å². The normalized spacial score (nSPS) is 17.6.